The van der Waals surface area contributed by atoms with Gasteiger partial charge < -0.3 is 4.74 Å². The first kappa shape index (κ1) is 14.9. The summed E-state index contributed by atoms with van der Waals surface area (Å²) in [5.41, 5.74) is -1.17. The van der Waals surface area contributed by atoms with Gasteiger partial charge in [0.05, 0.1) is 5.41 Å². The molecule has 0 amide bonds. The standard InChI is InChI=1S/C9H12F4O3/c1-5(14)8(2,3)4-16-7(15)9(12,13)6(10)11/h6H,4H2,1-3H3. The number of rotatable bonds is 5. The third-order valence-corrected chi connectivity index (χ3v) is 2.06. The van der Waals surface area contributed by atoms with Crippen LogP contribution in [0.2, 0.25) is 0 Å². The first-order valence-corrected chi connectivity index (χ1v) is 4.36. The lowest BCUT2D eigenvalue weighted by atomic mass is 9.90. The van der Waals surface area contributed by atoms with Crippen molar-refractivity contribution in [2.45, 2.75) is 33.1 Å². The predicted molar refractivity (Wildman–Crippen MR) is 46.4 cm³/mol. The zero-order chi connectivity index (χ0) is 13.1. The van der Waals surface area contributed by atoms with Gasteiger partial charge in [0, 0.05) is 0 Å². The summed E-state index contributed by atoms with van der Waals surface area (Å²) < 4.78 is 52.3. The molecule has 7 heteroatoms. The van der Waals surface area contributed by atoms with Crippen LogP contribution in [0.5, 0.6) is 0 Å². The highest BCUT2D eigenvalue weighted by Crippen LogP contribution is 2.26. The molecule has 0 N–H and O–H groups in total. The highest BCUT2D eigenvalue weighted by Gasteiger charge is 2.51. The molecular formula is C9H12F4O3. The van der Waals surface area contributed by atoms with Gasteiger partial charge in [0.1, 0.15) is 12.4 Å². The SMILES string of the molecule is CC(=O)C(C)(C)COC(=O)C(F)(F)C(F)F. The fourth-order valence-electron chi connectivity index (χ4n) is 0.533. The molecule has 0 rings (SSSR count). The second-order valence-electron chi connectivity index (χ2n) is 3.94. The Hall–Kier alpha value is -1.14. The van der Waals surface area contributed by atoms with E-state index in [4.69, 9.17) is 0 Å². The summed E-state index contributed by atoms with van der Waals surface area (Å²) in [7, 11) is 0. The minimum atomic E-state index is -4.84. The lowest BCUT2D eigenvalue weighted by Gasteiger charge is -2.22. The maximum atomic E-state index is 12.4. The molecule has 0 aliphatic rings. The molecule has 0 heterocycles. The summed E-state index contributed by atoms with van der Waals surface area (Å²) >= 11 is 0. The van der Waals surface area contributed by atoms with Crippen LogP contribution in [0.1, 0.15) is 20.8 Å². The van der Waals surface area contributed by atoms with Crippen LogP contribution in [0.4, 0.5) is 17.6 Å². The Morgan fingerprint density at radius 3 is 2.00 bits per heavy atom. The van der Waals surface area contributed by atoms with E-state index in [9.17, 15) is 27.2 Å². The second-order valence-corrected chi connectivity index (χ2v) is 3.94. The van der Waals surface area contributed by atoms with Gasteiger partial charge in [-0.25, -0.2) is 13.6 Å². The number of carbonyl (C=O) groups excluding carboxylic acids is 2. The average Bonchev–Trinajstić information content (AvgIpc) is 2.13. The lowest BCUT2D eigenvalue weighted by molar-refractivity contribution is -0.196. The molecule has 0 saturated carbocycles. The lowest BCUT2D eigenvalue weighted by Crippen LogP contribution is -2.40. The summed E-state index contributed by atoms with van der Waals surface area (Å²) in [5, 5.41) is 0. The first-order valence-electron chi connectivity index (χ1n) is 4.36. The van der Waals surface area contributed by atoms with Crippen LogP contribution >= 0.6 is 0 Å². The highest BCUT2D eigenvalue weighted by atomic mass is 19.3. The Balaban J connectivity index is 4.45. The third kappa shape index (κ3) is 3.46. The van der Waals surface area contributed by atoms with E-state index < -0.39 is 36.1 Å². The quantitative estimate of drug-likeness (QED) is 0.549. The van der Waals surface area contributed by atoms with Crippen molar-refractivity contribution in [1.82, 2.24) is 0 Å². The Morgan fingerprint density at radius 1 is 1.25 bits per heavy atom. The Bertz CT molecular complexity index is 286. The van der Waals surface area contributed by atoms with E-state index in [0.29, 0.717) is 0 Å². The van der Waals surface area contributed by atoms with Crippen LogP contribution in [0, 0.1) is 5.41 Å². The number of ketones is 1. The van der Waals surface area contributed by atoms with Crippen molar-refractivity contribution in [1.29, 1.82) is 0 Å². The number of alkyl halides is 4. The van der Waals surface area contributed by atoms with Crippen LogP contribution in [-0.4, -0.2) is 30.7 Å². The molecule has 0 atom stereocenters. The van der Waals surface area contributed by atoms with Gasteiger partial charge in [-0.1, -0.05) is 0 Å². The molecular weight excluding hydrogens is 232 g/mol. The second kappa shape index (κ2) is 4.80. The number of carbonyl (C=O) groups is 2. The number of esters is 1. The van der Waals surface area contributed by atoms with Gasteiger partial charge in [-0.2, -0.15) is 8.78 Å². The number of hydrogen-bond donors (Lipinski definition) is 0. The van der Waals surface area contributed by atoms with Crippen molar-refractivity contribution in [3.8, 4) is 0 Å². The van der Waals surface area contributed by atoms with Crippen molar-refractivity contribution in [3.05, 3.63) is 0 Å². The van der Waals surface area contributed by atoms with E-state index in [1.807, 2.05) is 0 Å². The van der Waals surface area contributed by atoms with E-state index >= 15 is 0 Å². The molecule has 3 nitrogen and oxygen atoms in total. The van der Waals surface area contributed by atoms with Crippen LogP contribution < -0.4 is 0 Å². The molecule has 0 bridgehead atoms. The molecule has 0 aliphatic carbocycles. The maximum absolute atomic E-state index is 12.4. The molecule has 0 aliphatic heterocycles. The summed E-state index contributed by atoms with van der Waals surface area (Å²) in [5.74, 6) is -7.56. The predicted octanol–water partition coefficient (Wildman–Crippen LogP) is 2.05. The minimum Gasteiger partial charge on any atom is -0.460 e. The van der Waals surface area contributed by atoms with E-state index in [2.05, 4.69) is 4.74 Å². The van der Waals surface area contributed by atoms with Crippen LogP contribution in [0.15, 0.2) is 0 Å². The van der Waals surface area contributed by atoms with E-state index in [1.165, 1.54) is 20.8 Å². The zero-order valence-corrected chi connectivity index (χ0v) is 9.02. The molecule has 0 spiro atoms. The van der Waals surface area contributed by atoms with Gasteiger partial charge in [-0.3, -0.25) is 4.79 Å². The molecule has 94 valence electrons. The van der Waals surface area contributed by atoms with Gasteiger partial charge >= 0.3 is 18.3 Å². The van der Waals surface area contributed by atoms with Crippen molar-refractivity contribution < 1.29 is 31.9 Å². The Kier molecular flexibility index (Phi) is 4.45. The Morgan fingerprint density at radius 2 is 1.69 bits per heavy atom. The van der Waals surface area contributed by atoms with Crippen molar-refractivity contribution in [3.63, 3.8) is 0 Å². The van der Waals surface area contributed by atoms with Crippen molar-refractivity contribution in [2.24, 2.45) is 5.41 Å². The molecule has 0 fully saturated rings. The normalized spacial score (nSPS) is 12.8. The number of ether oxygens (including phenoxy) is 1. The summed E-state index contributed by atoms with van der Waals surface area (Å²) in [6, 6.07) is 0. The summed E-state index contributed by atoms with van der Waals surface area (Å²) in [6.45, 7) is 3.22. The van der Waals surface area contributed by atoms with E-state index in [1.54, 1.807) is 0 Å². The number of halogens is 4. The van der Waals surface area contributed by atoms with Gasteiger partial charge in [0.15, 0.2) is 0 Å². The van der Waals surface area contributed by atoms with Crippen molar-refractivity contribution in [2.75, 3.05) is 6.61 Å². The zero-order valence-electron chi connectivity index (χ0n) is 9.02. The van der Waals surface area contributed by atoms with E-state index in [-0.39, 0.29) is 0 Å². The smallest absolute Gasteiger partial charge is 0.401 e. The average molecular weight is 244 g/mol. The summed E-state index contributed by atoms with van der Waals surface area (Å²) in [6.07, 6.45) is -4.12. The van der Waals surface area contributed by atoms with Gasteiger partial charge in [0.2, 0.25) is 0 Å². The monoisotopic (exact) mass is 244 g/mol. The van der Waals surface area contributed by atoms with Gasteiger partial charge in [-0.15, -0.1) is 0 Å². The van der Waals surface area contributed by atoms with Crippen LogP contribution in [0.25, 0.3) is 0 Å². The number of Topliss-reactive ketones (excluding diaryl/α,β-unsaturated/α-hetero) is 1. The van der Waals surface area contributed by atoms with E-state index in [0.717, 1.165) is 0 Å². The largest absolute Gasteiger partial charge is 0.460 e. The van der Waals surface area contributed by atoms with Crippen molar-refractivity contribution >= 4 is 11.8 Å². The molecule has 0 aromatic rings. The minimum absolute atomic E-state index is 0.402. The molecule has 0 unspecified atom stereocenters. The molecule has 16 heavy (non-hydrogen) atoms. The van der Waals surface area contributed by atoms with Crippen LogP contribution in [0.3, 0.4) is 0 Å². The number of hydrogen-bond acceptors (Lipinski definition) is 3. The Labute approximate surface area is 89.8 Å². The highest BCUT2D eigenvalue weighted by molar-refractivity contribution is 5.82. The maximum Gasteiger partial charge on any atom is 0.401 e. The van der Waals surface area contributed by atoms with Crippen LogP contribution in [-0.2, 0) is 14.3 Å². The third-order valence-electron chi connectivity index (χ3n) is 2.06. The first-order chi connectivity index (χ1) is 7.01. The molecule has 0 aromatic heterocycles. The van der Waals surface area contributed by atoms with Gasteiger partial charge in [-0.05, 0) is 20.8 Å². The molecule has 0 saturated heterocycles. The molecule has 0 radical (unpaired) electrons. The topological polar surface area (TPSA) is 43.4 Å². The fourth-order valence-corrected chi connectivity index (χ4v) is 0.533. The fraction of sp³-hybridized carbons (Fsp3) is 0.778. The van der Waals surface area contributed by atoms with Gasteiger partial charge in [0.25, 0.3) is 0 Å². The molecule has 0 aromatic carbocycles. The summed E-state index contributed by atoms with van der Waals surface area (Å²) in [4.78, 5) is 21.5.